The van der Waals surface area contributed by atoms with E-state index >= 15 is 0 Å². The third kappa shape index (κ3) is 3.14. The SMILES string of the molecule is Cc1ccc(S(=O)(=O)N2C=Cc3ccc(Cl)cc3[C@@H](C)C2)cc1. The molecule has 120 valence electrons. The standard InChI is InChI=1S/C18H18ClNO2S/c1-13-3-7-17(8-4-13)23(21,22)20-10-9-15-5-6-16(19)11-18(15)14(2)12-20/h3-11,14H,12H2,1-2H3/t14-/m0/s1. The Kier molecular flexibility index (Phi) is 4.21. The third-order valence-corrected chi connectivity index (χ3v) is 6.07. The van der Waals surface area contributed by atoms with Crippen LogP contribution < -0.4 is 0 Å². The summed E-state index contributed by atoms with van der Waals surface area (Å²) in [4.78, 5) is 0.309. The number of aryl methyl sites for hydroxylation is 1. The zero-order chi connectivity index (χ0) is 16.6. The molecule has 0 radical (unpaired) electrons. The molecule has 0 amide bonds. The molecule has 3 nitrogen and oxygen atoms in total. The first-order chi connectivity index (χ1) is 10.9. The molecule has 1 aliphatic heterocycles. The highest BCUT2D eigenvalue weighted by Crippen LogP contribution is 2.30. The molecule has 1 heterocycles. The Balaban J connectivity index is 1.98. The van der Waals surface area contributed by atoms with Crippen molar-refractivity contribution in [1.29, 1.82) is 0 Å². The fourth-order valence-corrected chi connectivity index (χ4v) is 4.31. The summed E-state index contributed by atoms with van der Waals surface area (Å²) in [5.74, 6) is 0.0546. The van der Waals surface area contributed by atoms with Crippen molar-refractivity contribution in [3.8, 4) is 0 Å². The second-order valence-electron chi connectivity index (χ2n) is 5.88. The third-order valence-electron chi connectivity index (χ3n) is 4.08. The fourth-order valence-electron chi connectivity index (χ4n) is 2.74. The van der Waals surface area contributed by atoms with E-state index in [1.54, 1.807) is 18.3 Å². The van der Waals surface area contributed by atoms with Gasteiger partial charge in [-0.3, -0.25) is 4.31 Å². The van der Waals surface area contributed by atoms with Crippen LogP contribution in [-0.2, 0) is 10.0 Å². The van der Waals surface area contributed by atoms with Crippen molar-refractivity contribution in [2.75, 3.05) is 6.54 Å². The number of nitrogens with zero attached hydrogens (tertiary/aromatic N) is 1. The summed E-state index contributed by atoms with van der Waals surface area (Å²) < 4.78 is 27.1. The molecule has 0 bridgehead atoms. The Hall–Kier alpha value is -1.78. The van der Waals surface area contributed by atoms with E-state index in [0.717, 1.165) is 16.7 Å². The van der Waals surface area contributed by atoms with E-state index < -0.39 is 10.0 Å². The quantitative estimate of drug-likeness (QED) is 0.806. The summed E-state index contributed by atoms with van der Waals surface area (Å²) in [7, 11) is -3.55. The molecule has 3 rings (SSSR count). The van der Waals surface area contributed by atoms with Crippen LogP contribution >= 0.6 is 11.6 Å². The molecule has 0 spiro atoms. The maximum absolute atomic E-state index is 12.9. The number of halogens is 1. The van der Waals surface area contributed by atoms with Crippen LogP contribution in [0.4, 0.5) is 0 Å². The number of hydrogen-bond acceptors (Lipinski definition) is 2. The van der Waals surface area contributed by atoms with Gasteiger partial charge in [-0.1, -0.05) is 42.3 Å². The van der Waals surface area contributed by atoms with Crippen molar-refractivity contribution >= 4 is 27.7 Å². The summed E-state index contributed by atoms with van der Waals surface area (Å²) in [5, 5.41) is 0.666. The largest absolute Gasteiger partial charge is 0.273 e. The molecule has 23 heavy (non-hydrogen) atoms. The van der Waals surface area contributed by atoms with Crippen LogP contribution in [0.25, 0.3) is 6.08 Å². The second kappa shape index (κ2) is 6.02. The van der Waals surface area contributed by atoms with E-state index in [2.05, 4.69) is 0 Å². The van der Waals surface area contributed by atoms with E-state index in [4.69, 9.17) is 11.6 Å². The topological polar surface area (TPSA) is 37.4 Å². The molecule has 0 saturated carbocycles. The van der Waals surface area contributed by atoms with Crippen molar-refractivity contribution in [2.24, 2.45) is 0 Å². The number of sulfonamides is 1. The first-order valence-electron chi connectivity index (χ1n) is 7.44. The van der Waals surface area contributed by atoms with E-state index in [1.807, 2.05) is 50.3 Å². The lowest BCUT2D eigenvalue weighted by molar-refractivity contribution is 0.478. The van der Waals surface area contributed by atoms with Crippen LogP contribution in [0.3, 0.4) is 0 Å². The van der Waals surface area contributed by atoms with Crippen LogP contribution in [0.1, 0.15) is 29.5 Å². The summed E-state index contributed by atoms with van der Waals surface area (Å²) >= 11 is 6.08. The minimum Gasteiger partial charge on any atom is -0.273 e. The lowest BCUT2D eigenvalue weighted by atomic mass is 9.96. The lowest BCUT2D eigenvalue weighted by Crippen LogP contribution is -2.28. The van der Waals surface area contributed by atoms with Crippen molar-refractivity contribution < 1.29 is 8.42 Å². The van der Waals surface area contributed by atoms with Gasteiger partial charge >= 0.3 is 0 Å². The molecule has 0 aromatic heterocycles. The zero-order valence-electron chi connectivity index (χ0n) is 13.0. The summed E-state index contributed by atoms with van der Waals surface area (Å²) in [5.41, 5.74) is 3.10. The Morgan fingerprint density at radius 2 is 1.83 bits per heavy atom. The van der Waals surface area contributed by atoms with E-state index in [0.29, 0.717) is 16.5 Å². The normalized spacial score (nSPS) is 17.7. The number of rotatable bonds is 2. The molecule has 0 unspecified atom stereocenters. The highest BCUT2D eigenvalue weighted by molar-refractivity contribution is 7.89. The van der Waals surface area contributed by atoms with Crippen LogP contribution in [0.15, 0.2) is 53.6 Å². The molecule has 0 aliphatic carbocycles. The van der Waals surface area contributed by atoms with Crippen LogP contribution in [0, 0.1) is 6.92 Å². The van der Waals surface area contributed by atoms with Gasteiger partial charge in [0.2, 0.25) is 0 Å². The predicted molar refractivity (Wildman–Crippen MR) is 94.0 cm³/mol. The molecule has 0 N–H and O–H groups in total. The predicted octanol–water partition coefficient (Wildman–Crippen LogP) is 4.43. The monoisotopic (exact) mass is 347 g/mol. The van der Waals surface area contributed by atoms with E-state index in [1.165, 1.54) is 4.31 Å². The second-order valence-corrected chi connectivity index (χ2v) is 8.20. The number of hydrogen-bond donors (Lipinski definition) is 0. The van der Waals surface area contributed by atoms with Gasteiger partial charge < -0.3 is 0 Å². The minimum atomic E-state index is -3.55. The van der Waals surface area contributed by atoms with Gasteiger partial charge in [0.05, 0.1) is 4.90 Å². The number of fused-ring (bicyclic) bond motifs is 1. The van der Waals surface area contributed by atoms with Gasteiger partial charge in [0.25, 0.3) is 10.0 Å². The molecule has 1 aliphatic rings. The molecule has 0 fully saturated rings. The summed E-state index contributed by atoms with van der Waals surface area (Å²) in [6.45, 7) is 4.34. The average molecular weight is 348 g/mol. The Morgan fingerprint density at radius 1 is 1.13 bits per heavy atom. The van der Waals surface area contributed by atoms with E-state index in [9.17, 15) is 8.42 Å². The Labute approximate surface area is 142 Å². The van der Waals surface area contributed by atoms with Gasteiger partial charge in [0, 0.05) is 23.7 Å². The lowest BCUT2D eigenvalue weighted by Gasteiger charge is -2.23. The van der Waals surface area contributed by atoms with Gasteiger partial charge in [0.1, 0.15) is 0 Å². The Bertz CT molecular complexity index is 857. The fraction of sp³-hybridized carbons (Fsp3) is 0.222. The van der Waals surface area contributed by atoms with E-state index in [-0.39, 0.29) is 5.92 Å². The molecule has 2 aromatic rings. The smallest absolute Gasteiger partial charge is 0.263 e. The van der Waals surface area contributed by atoms with Gasteiger partial charge in [0.15, 0.2) is 0 Å². The molecular weight excluding hydrogens is 330 g/mol. The zero-order valence-corrected chi connectivity index (χ0v) is 14.6. The molecular formula is C18H18ClNO2S. The maximum atomic E-state index is 12.9. The van der Waals surface area contributed by atoms with Crippen LogP contribution in [-0.4, -0.2) is 19.3 Å². The van der Waals surface area contributed by atoms with Crippen molar-refractivity contribution in [2.45, 2.75) is 24.7 Å². The number of benzene rings is 2. The van der Waals surface area contributed by atoms with Gasteiger partial charge in [-0.25, -0.2) is 8.42 Å². The molecule has 0 saturated heterocycles. The first-order valence-corrected chi connectivity index (χ1v) is 9.26. The molecule has 2 aromatic carbocycles. The summed E-state index contributed by atoms with van der Waals surface area (Å²) in [6, 6.07) is 12.6. The van der Waals surface area contributed by atoms with Crippen molar-refractivity contribution in [3.63, 3.8) is 0 Å². The summed E-state index contributed by atoms with van der Waals surface area (Å²) in [6.07, 6.45) is 3.48. The first kappa shape index (κ1) is 16.1. The van der Waals surface area contributed by atoms with Crippen LogP contribution in [0.2, 0.25) is 5.02 Å². The van der Waals surface area contributed by atoms with Crippen molar-refractivity contribution in [3.05, 3.63) is 70.4 Å². The van der Waals surface area contributed by atoms with Crippen LogP contribution in [0.5, 0.6) is 0 Å². The van der Waals surface area contributed by atoms with Crippen molar-refractivity contribution in [1.82, 2.24) is 4.31 Å². The van der Waals surface area contributed by atoms with Gasteiger partial charge in [-0.2, -0.15) is 0 Å². The maximum Gasteiger partial charge on any atom is 0.263 e. The highest BCUT2D eigenvalue weighted by atomic mass is 35.5. The highest BCUT2D eigenvalue weighted by Gasteiger charge is 2.26. The molecule has 1 atom stereocenters. The van der Waals surface area contributed by atoms with Gasteiger partial charge in [-0.15, -0.1) is 0 Å². The Morgan fingerprint density at radius 3 is 2.52 bits per heavy atom. The van der Waals surface area contributed by atoms with Gasteiger partial charge in [-0.05, 0) is 48.4 Å². The average Bonchev–Trinajstić information content (AvgIpc) is 2.68. The molecule has 5 heteroatoms. The minimum absolute atomic E-state index is 0.0546.